The Labute approximate surface area is 149 Å². The molecule has 2 aromatic carbocycles. The van der Waals surface area contributed by atoms with Crippen molar-refractivity contribution in [1.82, 2.24) is 15.1 Å². The summed E-state index contributed by atoms with van der Waals surface area (Å²) in [6, 6.07) is 14.9. The highest BCUT2D eigenvalue weighted by molar-refractivity contribution is 6.30. The number of halogens is 1. The number of imide groups is 1. The van der Waals surface area contributed by atoms with E-state index >= 15 is 0 Å². The first-order valence-corrected chi connectivity index (χ1v) is 7.95. The topological polar surface area (TPSA) is 68.1 Å². The Balaban J connectivity index is 2.09. The van der Waals surface area contributed by atoms with E-state index in [1.165, 1.54) is 4.79 Å². The van der Waals surface area contributed by atoms with Crippen molar-refractivity contribution in [3.63, 3.8) is 0 Å². The molecule has 0 bridgehead atoms. The molecular formula is C18H15ClN4O2. The molecule has 0 N–H and O–H groups in total. The van der Waals surface area contributed by atoms with E-state index in [-0.39, 0.29) is 0 Å². The molecule has 1 heterocycles. The largest absolute Gasteiger partial charge is 0.281 e. The van der Waals surface area contributed by atoms with Crippen molar-refractivity contribution in [2.75, 3.05) is 5.01 Å². The van der Waals surface area contributed by atoms with Gasteiger partial charge in [-0.25, -0.2) is 0 Å². The van der Waals surface area contributed by atoms with Crippen molar-refractivity contribution >= 4 is 23.4 Å². The second-order valence-corrected chi connectivity index (χ2v) is 5.88. The monoisotopic (exact) mass is 354 g/mol. The first kappa shape index (κ1) is 16.9. The number of hydrogen-bond acceptors (Lipinski definition) is 4. The molecule has 0 saturated carbocycles. The number of aromatic nitrogens is 3. The van der Waals surface area contributed by atoms with Crippen LogP contribution in [0.4, 0.5) is 0 Å². The summed E-state index contributed by atoms with van der Waals surface area (Å²) in [7, 11) is 0. The highest BCUT2D eigenvalue weighted by Gasteiger charge is 2.28. The molecule has 6 nitrogen and oxygen atoms in total. The van der Waals surface area contributed by atoms with Crippen LogP contribution in [0.1, 0.15) is 32.1 Å². The number of benzene rings is 2. The molecule has 0 unspecified atom stereocenters. The molecule has 3 aromatic rings. The fraction of sp³-hybridized carbons (Fsp3) is 0.111. The van der Waals surface area contributed by atoms with E-state index in [1.54, 1.807) is 68.4 Å². The summed E-state index contributed by atoms with van der Waals surface area (Å²) in [5, 5.41) is 9.39. The molecule has 2 amide bonds. The van der Waals surface area contributed by atoms with Crippen LogP contribution in [0.5, 0.6) is 0 Å². The maximum Gasteiger partial charge on any atom is 0.281 e. The van der Waals surface area contributed by atoms with E-state index in [0.717, 1.165) is 5.01 Å². The molecule has 0 radical (unpaired) electrons. The third kappa shape index (κ3) is 3.29. The number of aryl methyl sites for hydroxylation is 1. The number of amides is 2. The minimum atomic E-state index is -0.515. The van der Waals surface area contributed by atoms with E-state index in [9.17, 15) is 9.59 Å². The first-order chi connectivity index (χ1) is 12.0. The second-order valence-electron chi connectivity index (χ2n) is 5.44. The Hall–Kier alpha value is -2.99. The van der Waals surface area contributed by atoms with Crippen LogP contribution in [0.2, 0.25) is 5.02 Å². The zero-order valence-corrected chi connectivity index (χ0v) is 14.4. The van der Waals surface area contributed by atoms with Gasteiger partial charge in [-0.2, -0.15) is 5.01 Å². The van der Waals surface area contributed by atoms with Crippen molar-refractivity contribution in [2.45, 2.75) is 13.8 Å². The molecule has 0 fully saturated rings. The predicted molar refractivity (Wildman–Crippen MR) is 94.3 cm³/mol. The highest BCUT2D eigenvalue weighted by Crippen LogP contribution is 2.15. The zero-order chi connectivity index (χ0) is 18.0. The summed E-state index contributed by atoms with van der Waals surface area (Å²) < 4.78 is 0. The summed E-state index contributed by atoms with van der Waals surface area (Å²) in [4.78, 5) is 27.2. The smallest absolute Gasteiger partial charge is 0.267 e. The second kappa shape index (κ2) is 6.86. The van der Waals surface area contributed by atoms with Gasteiger partial charge in [0, 0.05) is 16.1 Å². The normalized spacial score (nSPS) is 10.5. The molecule has 25 heavy (non-hydrogen) atoms. The molecule has 0 spiro atoms. The van der Waals surface area contributed by atoms with Crippen LogP contribution < -0.4 is 5.01 Å². The summed E-state index contributed by atoms with van der Waals surface area (Å²) in [6.07, 6.45) is 0. The molecule has 0 atom stereocenters. The third-order valence-electron chi connectivity index (χ3n) is 3.79. The lowest BCUT2D eigenvalue weighted by molar-refractivity contribution is 0.0846. The Bertz CT molecular complexity index is 920. The molecule has 3 rings (SSSR count). The van der Waals surface area contributed by atoms with E-state index in [4.69, 9.17) is 11.6 Å². The van der Waals surface area contributed by atoms with Crippen LogP contribution in [0.3, 0.4) is 0 Å². The lowest BCUT2D eigenvalue weighted by Gasteiger charge is -2.21. The van der Waals surface area contributed by atoms with E-state index in [0.29, 0.717) is 27.5 Å². The van der Waals surface area contributed by atoms with Crippen LogP contribution in [-0.4, -0.2) is 26.9 Å². The van der Waals surface area contributed by atoms with Gasteiger partial charge in [-0.1, -0.05) is 29.8 Å². The van der Waals surface area contributed by atoms with Crippen LogP contribution in [-0.2, 0) is 0 Å². The van der Waals surface area contributed by atoms with Gasteiger partial charge in [0.15, 0.2) is 0 Å². The number of carbonyl (C=O) groups is 2. The van der Waals surface area contributed by atoms with Gasteiger partial charge < -0.3 is 0 Å². The van der Waals surface area contributed by atoms with Crippen LogP contribution in [0.25, 0.3) is 0 Å². The van der Waals surface area contributed by atoms with Gasteiger partial charge in [-0.15, -0.1) is 9.89 Å². The predicted octanol–water partition coefficient (Wildman–Crippen LogP) is 3.17. The fourth-order valence-electron chi connectivity index (χ4n) is 2.27. The summed E-state index contributed by atoms with van der Waals surface area (Å²) in [6.45, 7) is 3.51. The van der Waals surface area contributed by atoms with Crippen molar-refractivity contribution in [2.24, 2.45) is 0 Å². The van der Waals surface area contributed by atoms with Gasteiger partial charge in [0.2, 0.25) is 0 Å². The van der Waals surface area contributed by atoms with Crippen LogP contribution in [0.15, 0.2) is 54.6 Å². The lowest BCUT2D eigenvalue weighted by atomic mass is 10.1. The first-order valence-electron chi connectivity index (χ1n) is 7.57. The van der Waals surface area contributed by atoms with Gasteiger partial charge in [0.1, 0.15) is 0 Å². The van der Waals surface area contributed by atoms with Crippen LogP contribution >= 0.6 is 11.6 Å². The Morgan fingerprint density at radius 3 is 2.00 bits per heavy atom. The average Bonchev–Trinajstić information content (AvgIpc) is 2.96. The molecule has 0 aliphatic carbocycles. The van der Waals surface area contributed by atoms with Crippen molar-refractivity contribution in [3.05, 3.63) is 82.1 Å². The van der Waals surface area contributed by atoms with Crippen molar-refractivity contribution in [3.8, 4) is 0 Å². The number of hydrogen-bond donors (Lipinski definition) is 0. The number of nitrogens with zero attached hydrogens (tertiary/aromatic N) is 4. The van der Waals surface area contributed by atoms with Gasteiger partial charge in [-0.05, 0) is 55.5 Å². The molecule has 0 aliphatic heterocycles. The van der Waals surface area contributed by atoms with E-state index in [1.807, 2.05) is 0 Å². The minimum Gasteiger partial charge on any atom is -0.267 e. The number of rotatable bonds is 3. The Kier molecular flexibility index (Phi) is 4.63. The summed E-state index contributed by atoms with van der Waals surface area (Å²) >= 11 is 5.88. The third-order valence-corrected chi connectivity index (χ3v) is 4.04. The van der Waals surface area contributed by atoms with Crippen LogP contribution in [0, 0.1) is 13.8 Å². The van der Waals surface area contributed by atoms with Crippen molar-refractivity contribution in [1.29, 1.82) is 0 Å². The minimum absolute atomic E-state index is 0.321. The SMILES string of the molecule is Cc1nnn(N(C(=O)c2ccccc2)C(=O)c2ccc(Cl)cc2)c1C. The quantitative estimate of drug-likeness (QED) is 0.677. The molecule has 7 heteroatoms. The summed E-state index contributed by atoms with van der Waals surface area (Å²) in [5.74, 6) is -1.01. The Morgan fingerprint density at radius 1 is 0.920 bits per heavy atom. The van der Waals surface area contributed by atoms with Gasteiger partial charge in [0.25, 0.3) is 11.8 Å². The summed E-state index contributed by atoms with van der Waals surface area (Å²) in [5.41, 5.74) is 1.93. The Morgan fingerprint density at radius 2 is 1.48 bits per heavy atom. The average molecular weight is 355 g/mol. The maximum atomic E-state index is 13.0. The zero-order valence-electron chi connectivity index (χ0n) is 13.7. The highest BCUT2D eigenvalue weighted by atomic mass is 35.5. The standard InChI is InChI=1S/C18H15ClN4O2/c1-12-13(2)23(21-20-12)22(17(24)14-6-4-3-5-7-14)18(25)15-8-10-16(19)11-9-15/h3-11H,1-2H3. The lowest BCUT2D eigenvalue weighted by Crippen LogP contribution is -2.46. The molecule has 0 saturated heterocycles. The number of carbonyl (C=O) groups excluding carboxylic acids is 2. The van der Waals surface area contributed by atoms with Gasteiger partial charge >= 0.3 is 0 Å². The van der Waals surface area contributed by atoms with E-state index in [2.05, 4.69) is 10.3 Å². The molecule has 0 aliphatic rings. The fourth-order valence-corrected chi connectivity index (χ4v) is 2.39. The molecular weight excluding hydrogens is 340 g/mol. The van der Waals surface area contributed by atoms with Gasteiger partial charge in [-0.3, -0.25) is 9.59 Å². The van der Waals surface area contributed by atoms with E-state index < -0.39 is 11.8 Å². The maximum absolute atomic E-state index is 13.0. The van der Waals surface area contributed by atoms with Gasteiger partial charge in [0.05, 0.1) is 11.4 Å². The molecule has 126 valence electrons. The molecule has 1 aromatic heterocycles. The van der Waals surface area contributed by atoms with Crippen molar-refractivity contribution < 1.29 is 9.59 Å².